The first-order valence-electron chi connectivity index (χ1n) is 9.18. The van der Waals surface area contributed by atoms with Crippen LogP contribution in [-0.4, -0.2) is 28.2 Å². The first kappa shape index (κ1) is 21.5. The lowest BCUT2D eigenvalue weighted by molar-refractivity contribution is -0.384. The molecule has 0 unspecified atom stereocenters. The number of nitro groups is 1. The fourth-order valence-electron chi connectivity index (χ4n) is 3.02. The van der Waals surface area contributed by atoms with E-state index in [0.717, 1.165) is 17.3 Å². The van der Waals surface area contributed by atoms with Gasteiger partial charge in [0.15, 0.2) is 4.32 Å². The Kier molecular flexibility index (Phi) is 5.89. The number of furan rings is 1. The molecule has 160 valence electrons. The molecular weight excluding hydrogens is 452 g/mol. The minimum atomic E-state index is -0.508. The number of amides is 1. The number of nitrogens with zero attached hydrogens (tertiary/aromatic N) is 2. The van der Waals surface area contributed by atoms with Crippen LogP contribution in [0.5, 0.6) is 0 Å². The van der Waals surface area contributed by atoms with Crippen molar-refractivity contribution in [2.24, 2.45) is 0 Å². The summed E-state index contributed by atoms with van der Waals surface area (Å²) in [7, 11) is 1.32. The monoisotopic (exact) mass is 466 g/mol. The standard InChI is InChI=1S/C22H14N2O6S2/c1-29-21(26)14-4-2-13(3-5-14)18-11-10-17(30-18)12-19-20(25)23(22(31)32-19)15-6-8-16(9-7-15)24(27)28/h2-12H,1H3/b19-12+. The Bertz CT molecular complexity index is 1260. The highest BCUT2D eigenvalue weighted by molar-refractivity contribution is 8.27. The molecule has 0 aliphatic carbocycles. The second kappa shape index (κ2) is 8.77. The molecular formula is C22H14N2O6S2. The number of methoxy groups -OCH3 is 1. The zero-order chi connectivity index (χ0) is 22.8. The molecule has 1 aliphatic heterocycles. The number of carbonyl (C=O) groups excluding carboxylic acids is 2. The van der Waals surface area contributed by atoms with Crippen LogP contribution in [0.4, 0.5) is 11.4 Å². The van der Waals surface area contributed by atoms with Gasteiger partial charge in [-0.2, -0.15) is 0 Å². The molecule has 0 N–H and O–H groups in total. The zero-order valence-corrected chi connectivity index (χ0v) is 18.1. The lowest BCUT2D eigenvalue weighted by atomic mass is 10.1. The highest BCUT2D eigenvalue weighted by Gasteiger charge is 2.33. The van der Waals surface area contributed by atoms with Gasteiger partial charge in [-0.1, -0.05) is 36.1 Å². The molecule has 0 spiro atoms. The number of benzene rings is 2. The van der Waals surface area contributed by atoms with Crippen LogP contribution in [0.3, 0.4) is 0 Å². The molecule has 0 atom stereocenters. The molecule has 1 aliphatic rings. The second-order valence-corrected chi connectivity index (χ2v) is 8.24. The van der Waals surface area contributed by atoms with Crippen molar-refractivity contribution < 1.29 is 23.7 Å². The number of esters is 1. The van der Waals surface area contributed by atoms with Crippen molar-refractivity contribution in [2.75, 3.05) is 12.0 Å². The van der Waals surface area contributed by atoms with Gasteiger partial charge in [-0.15, -0.1) is 0 Å². The van der Waals surface area contributed by atoms with Crippen molar-refractivity contribution in [1.82, 2.24) is 0 Å². The van der Waals surface area contributed by atoms with E-state index in [1.54, 1.807) is 42.5 Å². The number of hydrogen-bond donors (Lipinski definition) is 0. The van der Waals surface area contributed by atoms with Gasteiger partial charge in [0, 0.05) is 23.8 Å². The number of thioether (sulfide) groups is 1. The summed E-state index contributed by atoms with van der Waals surface area (Å²) in [5, 5.41) is 10.8. The molecule has 10 heteroatoms. The zero-order valence-electron chi connectivity index (χ0n) is 16.5. The predicted molar refractivity (Wildman–Crippen MR) is 124 cm³/mol. The van der Waals surface area contributed by atoms with E-state index in [4.69, 9.17) is 16.6 Å². The summed E-state index contributed by atoms with van der Waals surface area (Å²) in [5.74, 6) is 0.265. The Hall–Kier alpha value is -3.76. The molecule has 3 aromatic rings. The average Bonchev–Trinajstić information content (AvgIpc) is 3.37. The topological polar surface area (TPSA) is 103 Å². The molecule has 0 radical (unpaired) electrons. The summed E-state index contributed by atoms with van der Waals surface area (Å²) in [4.78, 5) is 36.5. The normalized spacial score (nSPS) is 14.8. The summed E-state index contributed by atoms with van der Waals surface area (Å²) >= 11 is 6.45. The smallest absolute Gasteiger partial charge is 0.337 e. The van der Waals surface area contributed by atoms with Crippen molar-refractivity contribution in [3.05, 3.63) is 87.0 Å². The van der Waals surface area contributed by atoms with E-state index in [-0.39, 0.29) is 11.6 Å². The Morgan fingerprint density at radius 1 is 1.12 bits per heavy atom. The number of ether oxygens (including phenoxy) is 1. The predicted octanol–water partition coefficient (Wildman–Crippen LogP) is 5.05. The van der Waals surface area contributed by atoms with Crippen LogP contribution in [0.15, 0.2) is 70.0 Å². The lowest BCUT2D eigenvalue weighted by Crippen LogP contribution is -2.27. The van der Waals surface area contributed by atoms with Crippen LogP contribution in [0.2, 0.25) is 0 Å². The van der Waals surface area contributed by atoms with Crippen LogP contribution in [0, 0.1) is 10.1 Å². The summed E-state index contributed by atoms with van der Waals surface area (Å²) in [6.45, 7) is 0. The summed E-state index contributed by atoms with van der Waals surface area (Å²) in [5.41, 5.74) is 1.57. The van der Waals surface area contributed by atoms with E-state index < -0.39 is 10.9 Å². The molecule has 1 fully saturated rings. The van der Waals surface area contributed by atoms with Gasteiger partial charge in [-0.05, 0) is 36.4 Å². The highest BCUT2D eigenvalue weighted by atomic mass is 32.2. The van der Waals surface area contributed by atoms with Crippen LogP contribution in [0.1, 0.15) is 16.1 Å². The molecule has 1 amide bonds. The van der Waals surface area contributed by atoms with Gasteiger partial charge in [-0.3, -0.25) is 19.8 Å². The van der Waals surface area contributed by atoms with Gasteiger partial charge in [-0.25, -0.2) is 4.79 Å². The van der Waals surface area contributed by atoms with Gasteiger partial charge >= 0.3 is 5.97 Å². The molecule has 1 aromatic heterocycles. The number of hydrogen-bond acceptors (Lipinski definition) is 8. The molecule has 1 saturated heterocycles. The van der Waals surface area contributed by atoms with Crippen LogP contribution < -0.4 is 4.90 Å². The minimum Gasteiger partial charge on any atom is -0.465 e. The van der Waals surface area contributed by atoms with Crippen molar-refractivity contribution in [3.8, 4) is 11.3 Å². The van der Waals surface area contributed by atoms with E-state index in [1.807, 2.05) is 0 Å². The number of nitro benzene ring substituents is 1. The van der Waals surface area contributed by atoms with Crippen LogP contribution in [0.25, 0.3) is 17.4 Å². The Morgan fingerprint density at radius 3 is 2.44 bits per heavy atom. The lowest BCUT2D eigenvalue weighted by Gasteiger charge is -2.13. The van der Waals surface area contributed by atoms with Gasteiger partial charge in [0.25, 0.3) is 11.6 Å². The third kappa shape index (κ3) is 4.18. The van der Waals surface area contributed by atoms with Crippen molar-refractivity contribution >= 4 is 57.6 Å². The Balaban J connectivity index is 1.54. The number of anilines is 1. The van der Waals surface area contributed by atoms with Crippen LogP contribution >= 0.6 is 24.0 Å². The molecule has 8 nitrogen and oxygen atoms in total. The highest BCUT2D eigenvalue weighted by Crippen LogP contribution is 2.37. The quantitative estimate of drug-likeness (QED) is 0.169. The van der Waals surface area contributed by atoms with E-state index in [1.165, 1.54) is 36.3 Å². The number of non-ortho nitro benzene ring substituents is 1. The maximum Gasteiger partial charge on any atom is 0.337 e. The molecule has 2 aromatic carbocycles. The van der Waals surface area contributed by atoms with E-state index in [2.05, 4.69) is 4.74 Å². The number of carbonyl (C=O) groups is 2. The Morgan fingerprint density at radius 2 is 1.81 bits per heavy atom. The summed E-state index contributed by atoms with van der Waals surface area (Å²) in [6, 6.07) is 15.8. The van der Waals surface area contributed by atoms with E-state index in [9.17, 15) is 19.7 Å². The molecule has 4 rings (SSSR count). The van der Waals surface area contributed by atoms with E-state index >= 15 is 0 Å². The third-order valence-corrected chi connectivity index (χ3v) is 5.91. The van der Waals surface area contributed by atoms with Gasteiger partial charge in [0.2, 0.25) is 0 Å². The second-order valence-electron chi connectivity index (χ2n) is 6.56. The van der Waals surface area contributed by atoms with Crippen molar-refractivity contribution in [1.29, 1.82) is 0 Å². The minimum absolute atomic E-state index is 0.0718. The average molecular weight is 466 g/mol. The molecule has 0 saturated carbocycles. The molecule has 0 bridgehead atoms. The first-order chi connectivity index (χ1) is 15.4. The van der Waals surface area contributed by atoms with E-state index in [0.29, 0.717) is 32.0 Å². The molecule has 2 heterocycles. The first-order valence-corrected chi connectivity index (χ1v) is 10.4. The third-order valence-electron chi connectivity index (χ3n) is 4.60. The van der Waals surface area contributed by atoms with Gasteiger partial charge in [0.05, 0.1) is 28.2 Å². The maximum atomic E-state index is 12.9. The number of rotatable bonds is 5. The Labute approximate surface area is 191 Å². The van der Waals surface area contributed by atoms with Crippen molar-refractivity contribution in [3.63, 3.8) is 0 Å². The van der Waals surface area contributed by atoms with Crippen LogP contribution in [-0.2, 0) is 9.53 Å². The van der Waals surface area contributed by atoms with Gasteiger partial charge in [0.1, 0.15) is 11.5 Å². The summed E-state index contributed by atoms with van der Waals surface area (Å²) in [6.07, 6.45) is 1.59. The summed E-state index contributed by atoms with van der Waals surface area (Å²) < 4.78 is 10.8. The molecule has 32 heavy (non-hydrogen) atoms. The van der Waals surface area contributed by atoms with Crippen molar-refractivity contribution in [2.45, 2.75) is 0 Å². The maximum absolute atomic E-state index is 12.9. The fourth-order valence-corrected chi connectivity index (χ4v) is 4.30. The largest absolute Gasteiger partial charge is 0.465 e. The van der Waals surface area contributed by atoms with Gasteiger partial charge < -0.3 is 9.15 Å². The fraction of sp³-hybridized carbons (Fsp3) is 0.0455. The SMILES string of the molecule is COC(=O)c1ccc(-c2ccc(/C=C3/SC(=S)N(c4ccc([N+](=O)[O-])cc4)C3=O)o2)cc1. The number of thiocarbonyl (C=S) groups is 1.